The van der Waals surface area contributed by atoms with Crippen LogP contribution in [0.3, 0.4) is 0 Å². The lowest BCUT2D eigenvalue weighted by atomic mass is 10.1. The highest BCUT2D eigenvalue weighted by Gasteiger charge is 2.06. The zero-order chi connectivity index (χ0) is 11.3. The first-order valence-corrected chi connectivity index (χ1v) is 4.84. The lowest BCUT2D eigenvalue weighted by molar-refractivity contribution is 0.594. The highest BCUT2D eigenvalue weighted by atomic mass is 35.5. The van der Waals surface area contributed by atoms with E-state index in [9.17, 15) is 8.78 Å². The molecule has 0 N–H and O–H groups in total. The van der Waals surface area contributed by atoms with Gasteiger partial charge in [-0.25, -0.2) is 8.78 Å². The number of hydrogen-bond acceptors (Lipinski definition) is 1. The second-order valence-corrected chi connectivity index (χ2v) is 3.22. The van der Waals surface area contributed by atoms with Gasteiger partial charge < -0.3 is 0 Å². The van der Waals surface area contributed by atoms with Crippen molar-refractivity contribution in [3.63, 3.8) is 0 Å². The first-order valence-electron chi connectivity index (χ1n) is 4.30. The molecule has 0 aliphatic carbocycles. The van der Waals surface area contributed by atoms with Crippen LogP contribution in [-0.2, 0) is 0 Å². The van der Waals surface area contributed by atoms with Crippen LogP contribution in [0.25, 0.3) is 6.08 Å². The van der Waals surface area contributed by atoms with Crippen molar-refractivity contribution < 1.29 is 8.78 Å². The number of hydrogen-bond donors (Lipinski definition) is 0. The Morgan fingerprint density at radius 1 is 1.33 bits per heavy atom. The molecule has 0 spiro atoms. The molecular weight excluding hydrogens is 220 g/mol. The Labute approximate surface area is 91.6 Å². The molecule has 0 saturated heterocycles. The van der Waals surface area contributed by atoms with Gasteiger partial charge in [0.2, 0.25) is 0 Å². The fourth-order valence-electron chi connectivity index (χ4n) is 1.05. The first kappa shape index (κ1) is 11.7. The van der Waals surface area contributed by atoms with E-state index in [-0.39, 0.29) is 11.1 Å². The SMILES string of the molecule is N#Cc1cc(F)c(C=CCCCl)cc1F. The van der Waals surface area contributed by atoms with Gasteiger partial charge in [0.25, 0.3) is 0 Å². The van der Waals surface area contributed by atoms with E-state index < -0.39 is 11.6 Å². The lowest BCUT2D eigenvalue weighted by Gasteiger charge is -1.99. The van der Waals surface area contributed by atoms with Crippen LogP contribution < -0.4 is 0 Å². The van der Waals surface area contributed by atoms with Crippen molar-refractivity contribution in [3.8, 4) is 6.07 Å². The Kier molecular flexibility index (Phi) is 4.26. The van der Waals surface area contributed by atoms with Gasteiger partial charge in [-0.3, -0.25) is 0 Å². The maximum atomic E-state index is 13.2. The molecule has 15 heavy (non-hydrogen) atoms. The summed E-state index contributed by atoms with van der Waals surface area (Å²) in [5.41, 5.74) is -0.168. The van der Waals surface area contributed by atoms with Gasteiger partial charge in [0.1, 0.15) is 17.7 Å². The van der Waals surface area contributed by atoms with Gasteiger partial charge in [0.15, 0.2) is 0 Å². The Hall–Kier alpha value is -1.40. The van der Waals surface area contributed by atoms with E-state index >= 15 is 0 Å². The highest BCUT2D eigenvalue weighted by Crippen LogP contribution is 2.15. The summed E-state index contributed by atoms with van der Waals surface area (Å²) in [5.74, 6) is -0.903. The Morgan fingerprint density at radius 2 is 2.07 bits per heavy atom. The maximum Gasteiger partial charge on any atom is 0.141 e. The zero-order valence-corrected chi connectivity index (χ0v) is 8.56. The third-order valence-electron chi connectivity index (χ3n) is 1.78. The highest BCUT2D eigenvalue weighted by molar-refractivity contribution is 6.17. The summed E-state index contributed by atoms with van der Waals surface area (Å²) < 4.78 is 26.3. The van der Waals surface area contributed by atoms with Gasteiger partial charge in [-0.1, -0.05) is 12.2 Å². The molecular formula is C11H8ClF2N. The standard InChI is InChI=1S/C11H8ClF2N/c12-4-2-1-3-8-5-11(14)9(7-15)6-10(8)13/h1,3,5-6H,2,4H2. The van der Waals surface area contributed by atoms with Gasteiger partial charge in [-0.2, -0.15) is 5.26 Å². The number of allylic oxidation sites excluding steroid dienone is 1. The topological polar surface area (TPSA) is 23.8 Å². The summed E-state index contributed by atoms with van der Waals surface area (Å²) in [6.45, 7) is 0. The van der Waals surface area contributed by atoms with Crippen molar-refractivity contribution in [1.82, 2.24) is 0 Å². The summed E-state index contributed by atoms with van der Waals surface area (Å²) in [7, 11) is 0. The Balaban J connectivity index is 3.01. The zero-order valence-electron chi connectivity index (χ0n) is 7.80. The van der Waals surface area contributed by atoms with E-state index in [1.165, 1.54) is 6.08 Å². The van der Waals surface area contributed by atoms with Crippen molar-refractivity contribution in [2.24, 2.45) is 0 Å². The first-order chi connectivity index (χ1) is 7.19. The van der Waals surface area contributed by atoms with E-state index in [1.54, 1.807) is 12.1 Å². The molecule has 78 valence electrons. The van der Waals surface area contributed by atoms with Crippen molar-refractivity contribution in [1.29, 1.82) is 5.26 Å². The fraction of sp³-hybridized carbons (Fsp3) is 0.182. The minimum absolute atomic E-state index is 0.122. The third-order valence-corrected chi connectivity index (χ3v) is 2.00. The van der Waals surface area contributed by atoms with Gasteiger partial charge >= 0.3 is 0 Å². The van der Waals surface area contributed by atoms with E-state index in [0.29, 0.717) is 12.3 Å². The van der Waals surface area contributed by atoms with Crippen molar-refractivity contribution in [3.05, 3.63) is 41.0 Å². The fourth-order valence-corrected chi connectivity index (χ4v) is 1.17. The summed E-state index contributed by atoms with van der Waals surface area (Å²) in [6, 6.07) is 3.45. The maximum absolute atomic E-state index is 13.2. The van der Waals surface area contributed by atoms with Crippen molar-refractivity contribution in [2.45, 2.75) is 6.42 Å². The minimum Gasteiger partial charge on any atom is -0.206 e. The largest absolute Gasteiger partial charge is 0.206 e. The van der Waals surface area contributed by atoms with Crippen molar-refractivity contribution in [2.75, 3.05) is 5.88 Å². The summed E-state index contributed by atoms with van der Waals surface area (Å²) >= 11 is 5.42. The third kappa shape index (κ3) is 3.03. The van der Waals surface area contributed by atoms with Crippen LogP contribution in [0.1, 0.15) is 17.5 Å². The molecule has 0 amide bonds. The molecule has 1 aromatic rings. The number of alkyl halides is 1. The van der Waals surface area contributed by atoms with E-state index in [4.69, 9.17) is 16.9 Å². The molecule has 1 rings (SSSR count). The van der Waals surface area contributed by atoms with Crippen LogP contribution in [0.2, 0.25) is 0 Å². The molecule has 0 atom stereocenters. The minimum atomic E-state index is -0.718. The molecule has 4 heteroatoms. The molecule has 0 aromatic heterocycles. The lowest BCUT2D eigenvalue weighted by Crippen LogP contribution is -1.90. The quantitative estimate of drug-likeness (QED) is 0.726. The van der Waals surface area contributed by atoms with Crippen molar-refractivity contribution >= 4 is 17.7 Å². The van der Waals surface area contributed by atoms with E-state index in [2.05, 4.69) is 0 Å². The second kappa shape index (κ2) is 5.47. The molecule has 0 unspecified atom stereocenters. The predicted octanol–water partition coefficient (Wildman–Crippen LogP) is 3.48. The molecule has 1 nitrogen and oxygen atoms in total. The molecule has 0 radical (unpaired) electrons. The van der Waals surface area contributed by atoms with E-state index in [0.717, 1.165) is 12.1 Å². The molecule has 0 aliphatic heterocycles. The number of nitriles is 1. The van der Waals surface area contributed by atoms with Gasteiger partial charge in [0, 0.05) is 11.4 Å². The smallest absolute Gasteiger partial charge is 0.141 e. The summed E-state index contributed by atoms with van der Waals surface area (Å²) in [5, 5.41) is 8.46. The van der Waals surface area contributed by atoms with Crippen LogP contribution in [0.4, 0.5) is 8.78 Å². The van der Waals surface area contributed by atoms with Gasteiger partial charge in [0.05, 0.1) is 5.56 Å². The Morgan fingerprint density at radius 3 is 2.67 bits per heavy atom. The molecule has 0 heterocycles. The van der Waals surface area contributed by atoms with Crippen LogP contribution in [0.5, 0.6) is 0 Å². The molecule has 1 aromatic carbocycles. The average Bonchev–Trinajstić information content (AvgIpc) is 2.23. The van der Waals surface area contributed by atoms with E-state index in [1.807, 2.05) is 0 Å². The monoisotopic (exact) mass is 227 g/mol. The summed E-state index contributed by atoms with van der Waals surface area (Å²) in [6.07, 6.45) is 3.68. The number of rotatable bonds is 3. The average molecular weight is 228 g/mol. The molecule has 0 fully saturated rings. The van der Waals surface area contributed by atoms with Crippen LogP contribution in [-0.4, -0.2) is 5.88 Å². The number of benzene rings is 1. The molecule has 0 aliphatic rings. The Bertz CT molecular complexity index is 421. The van der Waals surface area contributed by atoms with Gasteiger partial charge in [-0.05, 0) is 18.6 Å². The summed E-state index contributed by atoms with van der Waals surface area (Å²) in [4.78, 5) is 0. The van der Waals surface area contributed by atoms with Gasteiger partial charge in [-0.15, -0.1) is 11.6 Å². The number of nitrogens with zero attached hydrogens (tertiary/aromatic N) is 1. The number of halogens is 3. The van der Waals surface area contributed by atoms with Crippen LogP contribution in [0.15, 0.2) is 18.2 Å². The second-order valence-electron chi connectivity index (χ2n) is 2.85. The molecule has 0 bridgehead atoms. The normalized spacial score (nSPS) is 10.5. The van der Waals surface area contributed by atoms with Crippen LogP contribution in [0, 0.1) is 23.0 Å². The van der Waals surface area contributed by atoms with Crippen LogP contribution >= 0.6 is 11.6 Å². The molecule has 0 saturated carbocycles. The predicted molar refractivity (Wildman–Crippen MR) is 55.4 cm³/mol.